The van der Waals surface area contributed by atoms with E-state index in [-0.39, 0.29) is 12.4 Å². The monoisotopic (exact) mass is 275 g/mol. The number of aliphatic hydroxyl groups excluding tert-OH is 1. The molecule has 0 amide bonds. The SMILES string of the molecule is CCNC(C)(CO)c1cc(Br)ccc1F. The summed E-state index contributed by atoms with van der Waals surface area (Å²) in [7, 11) is 0. The third-order valence-corrected chi connectivity index (χ3v) is 2.90. The first-order chi connectivity index (χ1) is 7.03. The van der Waals surface area contributed by atoms with Crippen molar-refractivity contribution in [2.45, 2.75) is 19.4 Å². The third kappa shape index (κ3) is 2.77. The Morgan fingerprint density at radius 3 is 2.73 bits per heavy atom. The van der Waals surface area contributed by atoms with Crippen LogP contribution in [0.4, 0.5) is 4.39 Å². The summed E-state index contributed by atoms with van der Waals surface area (Å²) in [5, 5.41) is 12.4. The van der Waals surface area contributed by atoms with Gasteiger partial charge >= 0.3 is 0 Å². The van der Waals surface area contributed by atoms with E-state index >= 15 is 0 Å². The Morgan fingerprint density at radius 1 is 1.53 bits per heavy atom. The van der Waals surface area contributed by atoms with Crippen molar-refractivity contribution in [1.29, 1.82) is 0 Å². The van der Waals surface area contributed by atoms with Gasteiger partial charge in [0.25, 0.3) is 0 Å². The predicted octanol–water partition coefficient (Wildman–Crippen LogP) is 2.41. The van der Waals surface area contributed by atoms with Gasteiger partial charge in [0, 0.05) is 10.0 Å². The first kappa shape index (κ1) is 12.6. The Labute approximate surface area is 97.6 Å². The van der Waals surface area contributed by atoms with E-state index in [1.54, 1.807) is 19.1 Å². The third-order valence-electron chi connectivity index (χ3n) is 2.41. The van der Waals surface area contributed by atoms with Crippen LogP contribution >= 0.6 is 15.9 Å². The Bertz CT molecular complexity index is 345. The normalized spacial score (nSPS) is 15.0. The van der Waals surface area contributed by atoms with Gasteiger partial charge in [-0.1, -0.05) is 22.9 Å². The molecular formula is C11H15BrFNO. The van der Waals surface area contributed by atoms with Crippen molar-refractivity contribution in [3.05, 3.63) is 34.1 Å². The van der Waals surface area contributed by atoms with Crippen molar-refractivity contribution in [2.75, 3.05) is 13.2 Å². The molecule has 1 aromatic carbocycles. The van der Waals surface area contributed by atoms with Gasteiger partial charge in [0.2, 0.25) is 0 Å². The van der Waals surface area contributed by atoms with Crippen LogP contribution in [-0.4, -0.2) is 18.3 Å². The highest BCUT2D eigenvalue weighted by atomic mass is 79.9. The molecule has 1 atom stereocenters. The van der Waals surface area contributed by atoms with Gasteiger partial charge in [-0.2, -0.15) is 0 Å². The molecule has 84 valence electrons. The Morgan fingerprint density at radius 2 is 2.20 bits per heavy atom. The Kier molecular flexibility index (Phi) is 4.25. The molecule has 1 rings (SSSR count). The highest BCUT2D eigenvalue weighted by Gasteiger charge is 2.27. The number of nitrogens with one attached hydrogen (secondary N) is 1. The second kappa shape index (κ2) is 5.05. The summed E-state index contributed by atoms with van der Waals surface area (Å²) >= 11 is 3.29. The van der Waals surface area contributed by atoms with Gasteiger partial charge in [0.05, 0.1) is 12.1 Å². The van der Waals surface area contributed by atoms with E-state index in [4.69, 9.17) is 0 Å². The molecule has 15 heavy (non-hydrogen) atoms. The van der Waals surface area contributed by atoms with E-state index in [9.17, 15) is 9.50 Å². The van der Waals surface area contributed by atoms with Crippen LogP contribution in [0.1, 0.15) is 19.4 Å². The summed E-state index contributed by atoms with van der Waals surface area (Å²) in [4.78, 5) is 0. The summed E-state index contributed by atoms with van der Waals surface area (Å²) in [5.74, 6) is -0.310. The van der Waals surface area contributed by atoms with Crippen molar-refractivity contribution < 1.29 is 9.50 Å². The number of hydrogen-bond donors (Lipinski definition) is 2. The lowest BCUT2D eigenvalue weighted by Crippen LogP contribution is -2.43. The molecule has 2 N–H and O–H groups in total. The molecule has 2 nitrogen and oxygen atoms in total. The molecule has 0 aliphatic heterocycles. The van der Waals surface area contributed by atoms with E-state index in [0.29, 0.717) is 12.1 Å². The molecule has 1 unspecified atom stereocenters. The smallest absolute Gasteiger partial charge is 0.128 e. The zero-order valence-electron chi connectivity index (χ0n) is 8.85. The maximum absolute atomic E-state index is 13.6. The maximum Gasteiger partial charge on any atom is 0.128 e. The first-order valence-electron chi connectivity index (χ1n) is 4.85. The van der Waals surface area contributed by atoms with Crippen LogP contribution in [0.2, 0.25) is 0 Å². The summed E-state index contributed by atoms with van der Waals surface area (Å²) < 4.78 is 14.4. The van der Waals surface area contributed by atoms with Gasteiger partial charge < -0.3 is 10.4 Å². The lowest BCUT2D eigenvalue weighted by molar-refractivity contribution is 0.173. The summed E-state index contributed by atoms with van der Waals surface area (Å²) in [5.41, 5.74) is -0.260. The summed E-state index contributed by atoms with van der Waals surface area (Å²) in [6.45, 7) is 4.22. The second-order valence-electron chi connectivity index (χ2n) is 3.64. The molecule has 4 heteroatoms. The first-order valence-corrected chi connectivity index (χ1v) is 5.64. The molecule has 0 saturated heterocycles. The zero-order valence-corrected chi connectivity index (χ0v) is 10.4. The van der Waals surface area contributed by atoms with E-state index in [0.717, 1.165) is 4.47 Å². The molecule has 0 bridgehead atoms. The van der Waals surface area contributed by atoms with E-state index in [2.05, 4.69) is 21.2 Å². The Hall–Kier alpha value is -0.450. The zero-order chi connectivity index (χ0) is 11.5. The van der Waals surface area contributed by atoms with Crippen molar-refractivity contribution in [1.82, 2.24) is 5.32 Å². The number of halogens is 2. The van der Waals surface area contributed by atoms with Gasteiger partial charge in [0.15, 0.2) is 0 Å². The number of hydrogen-bond acceptors (Lipinski definition) is 2. The number of aliphatic hydroxyl groups is 1. The number of benzene rings is 1. The van der Waals surface area contributed by atoms with Gasteiger partial charge in [-0.05, 0) is 31.7 Å². The lowest BCUT2D eigenvalue weighted by atomic mass is 9.92. The fourth-order valence-electron chi connectivity index (χ4n) is 1.55. The summed E-state index contributed by atoms with van der Waals surface area (Å²) in [6, 6.07) is 4.72. The molecule has 1 aromatic rings. The summed E-state index contributed by atoms with van der Waals surface area (Å²) in [6.07, 6.45) is 0. The standard InChI is InChI=1S/C11H15BrFNO/c1-3-14-11(2,7-15)9-6-8(12)4-5-10(9)13/h4-6,14-15H,3,7H2,1-2H3. The molecule has 0 radical (unpaired) electrons. The van der Waals surface area contributed by atoms with E-state index in [1.165, 1.54) is 6.07 Å². The van der Waals surface area contributed by atoms with Crippen LogP contribution in [0, 0.1) is 5.82 Å². The van der Waals surface area contributed by atoms with Crippen LogP contribution < -0.4 is 5.32 Å². The van der Waals surface area contributed by atoms with Crippen LogP contribution in [0.3, 0.4) is 0 Å². The average Bonchev–Trinajstić information content (AvgIpc) is 2.22. The van der Waals surface area contributed by atoms with Crippen molar-refractivity contribution >= 4 is 15.9 Å². The fraction of sp³-hybridized carbons (Fsp3) is 0.455. The lowest BCUT2D eigenvalue weighted by Gasteiger charge is -2.29. The van der Waals surface area contributed by atoms with Crippen molar-refractivity contribution in [2.24, 2.45) is 0 Å². The molecular weight excluding hydrogens is 261 g/mol. The van der Waals surface area contributed by atoms with Crippen LogP contribution in [0.5, 0.6) is 0 Å². The molecule has 0 heterocycles. The van der Waals surface area contributed by atoms with Gasteiger partial charge in [-0.15, -0.1) is 0 Å². The fourth-order valence-corrected chi connectivity index (χ4v) is 1.91. The number of likely N-dealkylation sites (N-methyl/N-ethyl adjacent to an activating group) is 1. The Balaban J connectivity index is 3.16. The maximum atomic E-state index is 13.6. The molecule has 0 aliphatic carbocycles. The van der Waals surface area contributed by atoms with Gasteiger partial charge in [-0.3, -0.25) is 0 Å². The van der Waals surface area contributed by atoms with E-state index < -0.39 is 5.54 Å². The van der Waals surface area contributed by atoms with Crippen LogP contribution in [0.25, 0.3) is 0 Å². The second-order valence-corrected chi connectivity index (χ2v) is 4.56. The molecule has 0 saturated carbocycles. The largest absolute Gasteiger partial charge is 0.394 e. The van der Waals surface area contributed by atoms with Gasteiger partial charge in [0.1, 0.15) is 5.82 Å². The molecule has 0 fully saturated rings. The highest BCUT2D eigenvalue weighted by Crippen LogP contribution is 2.26. The molecule has 0 aromatic heterocycles. The van der Waals surface area contributed by atoms with Crippen LogP contribution in [0.15, 0.2) is 22.7 Å². The van der Waals surface area contributed by atoms with E-state index in [1.807, 2.05) is 6.92 Å². The molecule has 0 spiro atoms. The quantitative estimate of drug-likeness (QED) is 0.885. The van der Waals surface area contributed by atoms with Crippen molar-refractivity contribution in [3.8, 4) is 0 Å². The minimum atomic E-state index is -0.734. The predicted molar refractivity (Wildman–Crippen MR) is 62.2 cm³/mol. The van der Waals surface area contributed by atoms with Crippen LogP contribution in [-0.2, 0) is 5.54 Å². The topological polar surface area (TPSA) is 32.3 Å². The highest BCUT2D eigenvalue weighted by molar-refractivity contribution is 9.10. The van der Waals surface area contributed by atoms with Gasteiger partial charge in [-0.25, -0.2) is 4.39 Å². The van der Waals surface area contributed by atoms with Crippen molar-refractivity contribution in [3.63, 3.8) is 0 Å². The molecule has 0 aliphatic rings. The minimum Gasteiger partial charge on any atom is -0.394 e. The average molecular weight is 276 g/mol. The minimum absolute atomic E-state index is 0.145. The number of rotatable bonds is 4.